The molecular weight excluding hydrogens is 302 g/mol. The third-order valence-electron chi connectivity index (χ3n) is 2.79. The van der Waals surface area contributed by atoms with Crippen molar-refractivity contribution in [1.29, 1.82) is 0 Å². The van der Waals surface area contributed by atoms with Crippen molar-refractivity contribution < 1.29 is 8.42 Å². The molecule has 20 heavy (non-hydrogen) atoms. The van der Waals surface area contributed by atoms with Gasteiger partial charge in [0.2, 0.25) is 10.0 Å². The van der Waals surface area contributed by atoms with Crippen molar-refractivity contribution in [2.45, 2.75) is 24.8 Å². The molecule has 0 aliphatic carbocycles. The predicted octanol–water partition coefficient (Wildman–Crippen LogP) is 1.39. The Hall–Kier alpha value is -1.64. The van der Waals surface area contributed by atoms with Crippen LogP contribution in [-0.2, 0) is 10.0 Å². The first-order valence-corrected chi connectivity index (χ1v) is 7.60. The minimum absolute atomic E-state index is 0.0615. The van der Waals surface area contributed by atoms with E-state index in [0.29, 0.717) is 11.5 Å². The summed E-state index contributed by atoms with van der Waals surface area (Å²) >= 11 is 5.98. The van der Waals surface area contributed by atoms with Gasteiger partial charge in [-0.3, -0.25) is 5.10 Å². The highest BCUT2D eigenvalue weighted by Crippen LogP contribution is 2.27. The molecule has 0 bridgehead atoms. The van der Waals surface area contributed by atoms with Crippen LogP contribution in [0.15, 0.2) is 23.4 Å². The van der Waals surface area contributed by atoms with E-state index in [9.17, 15) is 8.42 Å². The number of sulfonamides is 1. The van der Waals surface area contributed by atoms with Crippen molar-refractivity contribution in [2.24, 2.45) is 0 Å². The molecule has 0 amide bonds. The molecule has 7 nitrogen and oxygen atoms in total. The summed E-state index contributed by atoms with van der Waals surface area (Å²) in [5, 5.41) is 6.39. The predicted molar refractivity (Wildman–Crippen MR) is 75.7 cm³/mol. The maximum Gasteiger partial charge on any atom is 0.242 e. The van der Waals surface area contributed by atoms with E-state index in [-0.39, 0.29) is 9.92 Å². The zero-order valence-electron chi connectivity index (χ0n) is 10.9. The van der Waals surface area contributed by atoms with Crippen molar-refractivity contribution in [2.75, 3.05) is 5.73 Å². The number of nitrogens with one attached hydrogen (secondary N) is 2. The number of aryl methyl sites for hydroxylation is 1. The van der Waals surface area contributed by atoms with Crippen LogP contribution in [-0.4, -0.2) is 23.6 Å². The van der Waals surface area contributed by atoms with E-state index < -0.39 is 16.1 Å². The van der Waals surface area contributed by atoms with Gasteiger partial charge < -0.3 is 5.73 Å². The molecule has 0 aliphatic rings. The molecule has 0 aliphatic heterocycles. The molecule has 1 aromatic carbocycles. The maximum atomic E-state index is 12.3. The van der Waals surface area contributed by atoms with Gasteiger partial charge >= 0.3 is 0 Å². The smallest absolute Gasteiger partial charge is 0.242 e. The topological polar surface area (TPSA) is 114 Å². The molecule has 2 rings (SSSR count). The Balaban J connectivity index is 2.34. The van der Waals surface area contributed by atoms with Gasteiger partial charge in [0.1, 0.15) is 17.0 Å². The number of hydrogen-bond acceptors (Lipinski definition) is 5. The summed E-state index contributed by atoms with van der Waals surface area (Å²) in [7, 11) is -3.81. The molecule has 2 aromatic rings. The number of nitrogens with two attached hydrogens (primary N) is 1. The second kappa shape index (κ2) is 5.39. The molecule has 4 N–H and O–H groups in total. The number of anilines is 1. The van der Waals surface area contributed by atoms with E-state index in [1.807, 2.05) is 0 Å². The number of hydrogen-bond donors (Lipinski definition) is 3. The summed E-state index contributed by atoms with van der Waals surface area (Å²) in [6, 6.07) is 2.29. The molecule has 108 valence electrons. The molecule has 0 radical (unpaired) electrons. The Morgan fingerprint density at radius 1 is 1.45 bits per heavy atom. The number of aromatic nitrogens is 3. The molecule has 1 heterocycles. The van der Waals surface area contributed by atoms with Gasteiger partial charge in [-0.2, -0.15) is 5.10 Å². The Labute approximate surface area is 121 Å². The van der Waals surface area contributed by atoms with E-state index in [1.54, 1.807) is 13.8 Å². The molecule has 0 spiro atoms. The van der Waals surface area contributed by atoms with Crippen LogP contribution in [0.3, 0.4) is 0 Å². The third kappa shape index (κ3) is 2.92. The standard InChI is InChI=1S/C11H14ClN5O2S/c1-6-3-8(12)10(4-9(6)13)20(18,19)17-7(2)11-14-5-15-16-11/h3-5,7,17H,13H2,1-2H3,(H,14,15,16). The second-order valence-electron chi connectivity index (χ2n) is 4.35. The summed E-state index contributed by atoms with van der Waals surface area (Å²) < 4.78 is 27.1. The largest absolute Gasteiger partial charge is 0.398 e. The van der Waals surface area contributed by atoms with Crippen molar-refractivity contribution in [3.05, 3.63) is 34.9 Å². The highest BCUT2D eigenvalue weighted by Gasteiger charge is 2.23. The first-order valence-electron chi connectivity index (χ1n) is 5.74. The number of H-pyrrole nitrogens is 1. The lowest BCUT2D eigenvalue weighted by Crippen LogP contribution is -2.28. The third-order valence-corrected chi connectivity index (χ3v) is 4.79. The van der Waals surface area contributed by atoms with Gasteiger partial charge in [0.25, 0.3) is 0 Å². The highest BCUT2D eigenvalue weighted by molar-refractivity contribution is 7.89. The number of nitrogen functional groups attached to an aromatic ring is 1. The molecule has 0 saturated carbocycles. The quantitative estimate of drug-likeness (QED) is 0.738. The van der Waals surface area contributed by atoms with Crippen LogP contribution in [0.5, 0.6) is 0 Å². The molecule has 9 heteroatoms. The van der Waals surface area contributed by atoms with E-state index in [0.717, 1.165) is 5.56 Å². The van der Waals surface area contributed by atoms with Crippen molar-refractivity contribution >= 4 is 27.3 Å². The molecule has 0 saturated heterocycles. The van der Waals surface area contributed by atoms with Gasteiger partial charge in [-0.15, -0.1) is 0 Å². The van der Waals surface area contributed by atoms with Crippen molar-refractivity contribution in [3.63, 3.8) is 0 Å². The van der Waals surface area contributed by atoms with Gasteiger partial charge in [0, 0.05) is 5.69 Å². The zero-order valence-corrected chi connectivity index (χ0v) is 12.5. The first-order chi connectivity index (χ1) is 9.31. The van der Waals surface area contributed by atoms with Gasteiger partial charge in [-0.05, 0) is 31.5 Å². The molecule has 1 aromatic heterocycles. The van der Waals surface area contributed by atoms with Crippen molar-refractivity contribution in [3.8, 4) is 0 Å². The fourth-order valence-electron chi connectivity index (χ4n) is 1.65. The lowest BCUT2D eigenvalue weighted by atomic mass is 10.2. The molecule has 1 atom stereocenters. The van der Waals surface area contributed by atoms with Gasteiger partial charge in [-0.25, -0.2) is 18.1 Å². The Kier molecular flexibility index (Phi) is 3.98. The fraction of sp³-hybridized carbons (Fsp3) is 0.273. The Morgan fingerprint density at radius 2 is 2.15 bits per heavy atom. The highest BCUT2D eigenvalue weighted by atomic mass is 35.5. The monoisotopic (exact) mass is 315 g/mol. The van der Waals surface area contributed by atoms with Gasteiger partial charge in [0.15, 0.2) is 0 Å². The average molecular weight is 316 g/mol. The SMILES string of the molecule is Cc1cc(Cl)c(S(=O)(=O)NC(C)c2ncn[nH]2)cc1N. The number of aromatic amines is 1. The zero-order chi connectivity index (χ0) is 14.9. The lowest BCUT2D eigenvalue weighted by Gasteiger charge is -2.14. The van der Waals surface area contributed by atoms with Crippen LogP contribution in [0, 0.1) is 6.92 Å². The first kappa shape index (κ1) is 14.8. The molecular formula is C11H14ClN5O2S. The summed E-state index contributed by atoms with van der Waals surface area (Å²) in [6.07, 6.45) is 1.30. The number of nitrogens with zero attached hydrogens (tertiary/aromatic N) is 2. The van der Waals surface area contributed by atoms with E-state index in [4.69, 9.17) is 17.3 Å². The molecule has 1 unspecified atom stereocenters. The van der Waals surface area contributed by atoms with Crippen LogP contribution in [0.1, 0.15) is 24.4 Å². The van der Waals surface area contributed by atoms with Gasteiger partial charge in [0.05, 0.1) is 11.1 Å². The van der Waals surface area contributed by atoms with E-state index in [2.05, 4.69) is 19.9 Å². The van der Waals surface area contributed by atoms with Crippen LogP contribution >= 0.6 is 11.6 Å². The summed E-state index contributed by atoms with van der Waals surface area (Å²) in [5.74, 6) is 0.407. The van der Waals surface area contributed by atoms with Gasteiger partial charge in [-0.1, -0.05) is 11.6 Å². The van der Waals surface area contributed by atoms with Crippen LogP contribution in [0.4, 0.5) is 5.69 Å². The second-order valence-corrected chi connectivity index (χ2v) is 6.44. The van der Waals surface area contributed by atoms with Crippen LogP contribution in [0.2, 0.25) is 5.02 Å². The minimum atomic E-state index is -3.81. The van der Waals surface area contributed by atoms with Crippen LogP contribution < -0.4 is 10.5 Å². The Bertz CT molecular complexity index is 715. The van der Waals surface area contributed by atoms with Crippen molar-refractivity contribution in [1.82, 2.24) is 19.9 Å². The number of halogens is 1. The number of benzene rings is 1. The fourth-order valence-corrected chi connectivity index (χ4v) is 3.47. The summed E-state index contributed by atoms with van der Waals surface area (Å²) in [4.78, 5) is 3.84. The van der Waals surface area contributed by atoms with E-state index in [1.165, 1.54) is 18.5 Å². The number of rotatable bonds is 4. The average Bonchev–Trinajstić information content (AvgIpc) is 2.86. The molecule has 0 fully saturated rings. The lowest BCUT2D eigenvalue weighted by molar-refractivity contribution is 0.560. The van der Waals surface area contributed by atoms with E-state index >= 15 is 0 Å². The normalized spacial score (nSPS) is 13.3. The Morgan fingerprint density at radius 3 is 2.75 bits per heavy atom. The summed E-state index contributed by atoms with van der Waals surface area (Å²) in [6.45, 7) is 3.39. The van der Waals surface area contributed by atoms with Crippen LogP contribution in [0.25, 0.3) is 0 Å². The maximum absolute atomic E-state index is 12.3. The summed E-state index contributed by atoms with van der Waals surface area (Å²) in [5.41, 5.74) is 6.81. The minimum Gasteiger partial charge on any atom is -0.398 e.